The maximum absolute atomic E-state index is 2.69. The van der Waals surface area contributed by atoms with Crippen molar-refractivity contribution in [3.05, 3.63) is 12.2 Å². The minimum Gasteiger partial charge on any atom is -0.295 e. The van der Waals surface area contributed by atoms with Crippen molar-refractivity contribution in [2.45, 2.75) is 57.3 Å². The molecule has 77 valence electrons. The van der Waals surface area contributed by atoms with Crippen LogP contribution in [-0.4, -0.2) is 30.8 Å². The van der Waals surface area contributed by atoms with Gasteiger partial charge in [0.25, 0.3) is 0 Å². The highest BCUT2D eigenvalue weighted by atomic mass is 15.2. The third-order valence-corrected chi connectivity index (χ3v) is 3.60. The molecular formula is C12H21BN. The molecule has 0 aromatic carbocycles. The zero-order valence-corrected chi connectivity index (χ0v) is 9.45. The van der Waals surface area contributed by atoms with E-state index in [1.165, 1.54) is 32.1 Å². The van der Waals surface area contributed by atoms with Crippen LogP contribution in [0.2, 0.25) is 12.1 Å². The molecule has 3 atom stereocenters. The van der Waals surface area contributed by atoms with Crippen LogP contribution in [0.5, 0.6) is 0 Å². The van der Waals surface area contributed by atoms with E-state index >= 15 is 0 Å². The van der Waals surface area contributed by atoms with E-state index in [0.717, 1.165) is 17.9 Å². The van der Waals surface area contributed by atoms with Crippen LogP contribution < -0.4 is 0 Å². The molecule has 1 heterocycles. The molecule has 1 aliphatic carbocycles. The molecule has 1 aliphatic heterocycles. The second-order valence-electron chi connectivity index (χ2n) is 4.92. The van der Waals surface area contributed by atoms with Crippen LogP contribution in [0.3, 0.4) is 0 Å². The summed E-state index contributed by atoms with van der Waals surface area (Å²) in [5.74, 6) is 0.779. The molecule has 2 rings (SSSR count). The maximum Gasteiger partial charge on any atom is 0.116 e. The van der Waals surface area contributed by atoms with Gasteiger partial charge in [-0.1, -0.05) is 38.1 Å². The van der Waals surface area contributed by atoms with Crippen molar-refractivity contribution in [1.29, 1.82) is 0 Å². The zero-order valence-electron chi connectivity index (χ0n) is 9.45. The summed E-state index contributed by atoms with van der Waals surface area (Å²) >= 11 is 0. The summed E-state index contributed by atoms with van der Waals surface area (Å²) in [7, 11) is 2.48. The Balaban J connectivity index is 1.99. The van der Waals surface area contributed by atoms with E-state index in [9.17, 15) is 0 Å². The van der Waals surface area contributed by atoms with Crippen LogP contribution >= 0.6 is 0 Å². The average Bonchev–Trinajstić information content (AvgIpc) is 2.23. The second kappa shape index (κ2) is 4.52. The van der Waals surface area contributed by atoms with Crippen molar-refractivity contribution in [3.63, 3.8) is 0 Å². The summed E-state index contributed by atoms with van der Waals surface area (Å²) in [6.45, 7) is 5.96. The van der Waals surface area contributed by atoms with Gasteiger partial charge in [0.1, 0.15) is 7.28 Å². The number of hydrogen-bond donors (Lipinski definition) is 0. The smallest absolute Gasteiger partial charge is 0.116 e. The van der Waals surface area contributed by atoms with Gasteiger partial charge in [-0.2, -0.15) is 0 Å². The van der Waals surface area contributed by atoms with Gasteiger partial charge in [-0.05, 0) is 25.8 Å². The first-order valence-electron chi connectivity index (χ1n) is 6.03. The van der Waals surface area contributed by atoms with Crippen molar-refractivity contribution in [2.75, 3.05) is 6.54 Å². The molecule has 0 aromatic heterocycles. The third-order valence-electron chi connectivity index (χ3n) is 3.60. The van der Waals surface area contributed by atoms with Gasteiger partial charge in [0.15, 0.2) is 0 Å². The molecule has 0 spiro atoms. The molecule has 14 heavy (non-hydrogen) atoms. The van der Waals surface area contributed by atoms with E-state index < -0.39 is 0 Å². The minimum absolute atomic E-state index is 0.731. The Morgan fingerprint density at radius 3 is 2.93 bits per heavy atom. The Hall–Kier alpha value is -0.235. The highest BCUT2D eigenvalue weighted by molar-refractivity contribution is 6.38. The minimum atomic E-state index is 0.731. The number of hydrogen-bond acceptors (Lipinski definition) is 1. The highest BCUT2D eigenvalue weighted by Gasteiger charge is 2.28. The molecular weight excluding hydrogens is 169 g/mol. The first-order valence-corrected chi connectivity index (χ1v) is 6.03. The van der Waals surface area contributed by atoms with Crippen LogP contribution in [-0.2, 0) is 0 Å². The summed E-state index contributed by atoms with van der Waals surface area (Å²) in [6.07, 6.45) is 10.1. The summed E-state index contributed by atoms with van der Waals surface area (Å²) in [4.78, 5) is 2.69. The van der Waals surface area contributed by atoms with Crippen LogP contribution in [0.25, 0.3) is 0 Å². The summed E-state index contributed by atoms with van der Waals surface area (Å²) in [5, 5.41) is 0. The molecule has 1 nitrogen and oxygen atoms in total. The Labute approximate surface area is 88.8 Å². The summed E-state index contributed by atoms with van der Waals surface area (Å²) < 4.78 is 0. The predicted molar refractivity (Wildman–Crippen MR) is 62.9 cm³/mol. The fourth-order valence-electron chi connectivity index (χ4n) is 2.68. The first-order chi connectivity index (χ1) is 6.77. The average molecular weight is 190 g/mol. The molecule has 1 saturated heterocycles. The van der Waals surface area contributed by atoms with Crippen molar-refractivity contribution in [2.24, 2.45) is 0 Å². The third kappa shape index (κ3) is 2.22. The lowest BCUT2D eigenvalue weighted by molar-refractivity contribution is 0.160. The van der Waals surface area contributed by atoms with Crippen LogP contribution in [0.15, 0.2) is 12.2 Å². The lowest BCUT2D eigenvalue weighted by Crippen LogP contribution is -2.47. The lowest BCUT2D eigenvalue weighted by Gasteiger charge is -2.41. The van der Waals surface area contributed by atoms with Crippen LogP contribution in [0, 0.1) is 0 Å². The van der Waals surface area contributed by atoms with Gasteiger partial charge in [-0.15, -0.1) is 0 Å². The predicted octanol–water partition coefficient (Wildman–Crippen LogP) is 2.73. The van der Waals surface area contributed by atoms with Crippen LogP contribution in [0.4, 0.5) is 0 Å². The number of rotatable bonds is 1. The largest absolute Gasteiger partial charge is 0.295 e. The fraction of sp³-hybridized carbons (Fsp3) is 0.833. The van der Waals surface area contributed by atoms with E-state index in [2.05, 4.69) is 38.2 Å². The Morgan fingerprint density at radius 1 is 1.36 bits per heavy atom. The van der Waals surface area contributed by atoms with Gasteiger partial charge in [-0.25, -0.2) is 0 Å². The monoisotopic (exact) mass is 190 g/mol. The van der Waals surface area contributed by atoms with Gasteiger partial charge < -0.3 is 0 Å². The molecule has 0 saturated carbocycles. The Kier molecular flexibility index (Phi) is 3.32. The Bertz CT molecular complexity index is 214. The highest BCUT2D eigenvalue weighted by Crippen LogP contribution is 2.26. The zero-order chi connectivity index (χ0) is 9.97. The van der Waals surface area contributed by atoms with Crippen LogP contribution in [0.1, 0.15) is 33.1 Å². The quantitative estimate of drug-likeness (QED) is 0.454. The lowest BCUT2D eigenvalue weighted by atomic mass is 9.58. The SMILES string of the molecule is CC1[B]CC(C)N(C2C=CCCC2)C1. The van der Waals surface area contributed by atoms with Crippen molar-refractivity contribution >= 4 is 7.28 Å². The van der Waals surface area contributed by atoms with Crippen molar-refractivity contribution < 1.29 is 0 Å². The molecule has 0 bridgehead atoms. The van der Waals surface area contributed by atoms with E-state index in [1.807, 2.05) is 0 Å². The summed E-state index contributed by atoms with van der Waals surface area (Å²) in [6, 6.07) is 1.48. The molecule has 0 aromatic rings. The van der Waals surface area contributed by atoms with Gasteiger partial charge in [0.2, 0.25) is 0 Å². The first kappa shape index (κ1) is 10.3. The van der Waals surface area contributed by atoms with Gasteiger partial charge >= 0.3 is 0 Å². The molecule has 2 heteroatoms. The molecule has 2 aliphatic rings. The molecule has 3 unspecified atom stereocenters. The number of nitrogens with zero attached hydrogens (tertiary/aromatic N) is 1. The summed E-state index contributed by atoms with van der Waals surface area (Å²) in [5.41, 5.74) is 0. The normalized spacial score (nSPS) is 39.4. The molecule has 0 N–H and O–H groups in total. The van der Waals surface area contributed by atoms with Crippen molar-refractivity contribution in [3.8, 4) is 0 Å². The topological polar surface area (TPSA) is 3.24 Å². The standard InChI is InChI=1S/C12H21BN/c1-10-9-14(11(2)8-13-10)12-6-4-3-5-7-12/h4,6,10-12H,3,5,7-9H2,1-2H3. The second-order valence-corrected chi connectivity index (χ2v) is 4.92. The Morgan fingerprint density at radius 2 is 2.21 bits per heavy atom. The molecule has 1 fully saturated rings. The van der Waals surface area contributed by atoms with Gasteiger partial charge in [0.05, 0.1) is 0 Å². The van der Waals surface area contributed by atoms with E-state index in [4.69, 9.17) is 0 Å². The molecule has 1 radical (unpaired) electrons. The van der Waals surface area contributed by atoms with E-state index in [-0.39, 0.29) is 0 Å². The van der Waals surface area contributed by atoms with Gasteiger partial charge in [0, 0.05) is 12.1 Å². The van der Waals surface area contributed by atoms with Gasteiger partial charge in [-0.3, -0.25) is 4.90 Å². The number of allylic oxidation sites excluding steroid dienone is 1. The van der Waals surface area contributed by atoms with E-state index in [1.54, 1.807) is 0 Å². The fourth-order valence-corrected chi connectivity index (χ4v) is 2.68. The van der Waals surface area contributed by atoms with Crippen molar-refractivity contribution in [1.82, 2.24) is 4.90 Å². The molecule has 0 amide bonds. The van der Waals surface area contributed by atoms with E-state index in [0.29, 0.717) is 0 Å². The maximum atomic E-state index is 2.69.